The van der Waals surface area contributed by atoms with Crippen LogP contribution in [0, 0.1) is 0 Å². The third-order valence-corrected chi connectivity index (χ3v) is 3.90. The molecule has 1 aromatic carbocycles. The molecule has 0 spiro atoms. The molecule has 0 aromatic heterocycles. The summed E-state index contributed by atoms with van der Waals surface area (Å²) in [6.45, 7) is 2.08. The van der Waals surface area contributed by atoms with E-state index in [4.69, 9.17) is 4.74 Å². The SMILES string of the molecule is CCOC(=O)[C@H](Cc1ccc(O)cc1)N[C@H]1CCCCC1=O. The lowest BCUT2D eigenvalue weighted by Crippen LogP contribution is -2.49. The zero-order chi connectivity index (χ0) is 15.9. The zero-order valence-electron chi connectivity index (χ0n) is 12.9. The van der Waals surface area contributed by atoms with E-state index in [1.807, 2.05) is 0 Å². The molecule has 1 aliphatic carbocycles. The van der Waals surface area contributed by atoms with E-state index in [0.717, 1.165) is 24.8 Å². The zero-order valence-corrected chi connectivity index (χ0v) is 12.9. The fourth-order valence-electron chi connectivity index (χ4n) is 2.72. The molecule has 2 N–H and O–H groups in total. The van der Waals surface area contributed by atoms with Crippen LogP contribution in [0.4, 0.5) is 0 Å². The molecule has 5 heteroatoms. The second-order valence-corrected chi connectivity index (χ2v) is 5.61. The van der Waals surface area contributed by atoms with Crippen molar-refractivity contribution in [3.8, 4) is 5.75 Å². The summed E-state index contributed by atoms with van der Waals surface area (Å²) in [5.41, 5.74) is 0.909. The minimum Gasteiger partial charge on any atom is -0.508 e. The first-order valence-electron chi connectivity index (χ1n) is 7.83. The first kappa shape index (κ1) is 16.5. The van der Waals surface area contributed by atoms with Gasteiger partial charge in [-0.2, -0.15) is 0 Å². The fraction of sp³-hybridized carbons (Fsp3) is 0.529. The third-order valence-electron chi connectivity index (χ3n) is 3.90. The number of hydrogen-bond donors (Lipinski definition) is 2. The Hall–Kier alpha value is -1.88. The third kappa shape index (κ3) is 4.56. The van der Waals surface area contributed by atoms with E-state index in [1.165, 1.54) is 0 Å². The Morgan fingerprint density at radius 1 is 1.36 bits per heavy atom. The first-order valence-corrected chi connectivity index (χ1v) is 7.83. The number of phenols is 1. The molecule has 0 saturated heterocycles. The molecular weight excluding hydrogens is 282 g/mol. The average Bonchev–Trinajstić information content (AvgIpc) is 2.51. The summed E-state index contributed by atoms with van der Waals surface area (Å²) >= 11 is 0. The van der Waals surface area contributed by atoms with Crippen molar-refractivity contribution in [3.63, 3.8) is 0 Å². The molecule has 22 heavy (non-hydrogen) atoms. The molecule has 2 rings (SSSR count). The van der Waals surface area contributed by atoms with E-state index in [-0.39, 0.29) is 23.5 Å². The van der Waals surface area contributed by atoms with Crippen molar-refractivity contribution in [2.24, 2.45) is 0 Å². The van der Waals surface area contributed by atoms with Crippen LogP contribution in [-0.2, 0) is 20.7 Å². The molecule has 0 aliphatic heterocycles. The Bertz CT molecular complexity index is 512. The summed E-state index contributed by atoms with van der Waals surface area (Å²) in [7, 11) is 0. The van der Waals surface area contributed by atoms with Crippen LogP contribution in [0.1, 0.15) is 38.2 Å². The molecule has 0 unspecified atom stereocenters. The molecule has 5 nitrogen and oxygen atoms in total. The summed E-state index contributed by atoms with van der Waals surface area (Å²) in [5, 5.41) is 12.5. The number of aromatic hydroxyl groups is 1. The van der Waals surface area contributed by atoms with Crippen LogP contribution >= 0.6 is 0 Å². The van der Waals surface area contributed by atoms with Crippen LogP contribution < -0.4 is 5.32 Å². The molecular formula is C17H23NO4. The van der Waals surface area contributed by atoms with Crippen LogP contribution in [0.5, 0.6) is 5.75 Å². The smallest absolute Gasteiger partial charge is 0.323 e. The molecule has 0 amide bonds. The van der Waals surface area contributed by atoms with Crippen molar-refractivity contribution in [2.45, 2.75) is 51.1 Å². The van der Waals surface area contributed by atoms with Gasteiger partial charge in [0.1, 0.15) is 17.6 Å². The average molecular weight is 305 g/mol. The van der Waals surface area contributed by atoms with Crippen molar-refractivity contribution in [2.75, 3.05) is 6.61 Å². The Balaban J connectivity index is 2.06. The number of esters is 1. The Morgan fingerprint density at radius 2 is 2.09 bits per heavy atom. The molecule has 2 atom stereocenters. The number of phenolic OH excluding ortho intramolecular Hbond substituents is 1. The van der Waals surface area contributed by atoms with Gasteiger partial charge in [-0.1, -0.05) is 18.6 Å². The second kappa shape index (κ2) is 7.94. The summed E-state index contributed by atoms with van der Waals surface area (Å²) in [6, 6.07) is 5.90. The minimum atomic E-state index is -0.545. The van der Waals surface area contributed by atoms with Crippen LogP contribution in [0.25, 0.3) is 0 Å². The van der Waals surface area contributed by atoms with E-state index >= 15 is 0 Å². The monoisotopic (exact) mass is 305 g/mol. The predicted octanol–water partition coefficient (Wildman–Crippen LogP) is 1.97. The van der Waals surface area contributed by atoms with Crippen molar-refractivity contribution < 1.29 is 19.4 Å². The van der Waals surface area contributed by atoms with Gasteiger partial charge in [-0.25, -0.2) is 0 Å². The molecule has 1 aliphatic rings. The number of carbonyl (C=O) groups excluding carboxylic acids is 2. The highest BCUT2D eigenvalue weighted by Gasteiger charge is 2.28. The number of ketones is 1. The topological polar surface area (TPSA) is 75.6 Å². The highest BCUT2D eigenvalue weighted by Crippen LogP contribution is 2.17. The van der Waals surface area contributed by atoms with Gasteiger partial charge in [0.15, 0.2) is 0 Å². The van der Waals surface area contributed by atoms with Gasteiger partial charge in [0.2, 0.25) is 0 Å². The van der Waals surface area contributed by atoms with Crippen LogP contribution in [0.3, 0.4) is 0 Å². The van der Waals surface area contributed by atoms with Gasteiger partial charge in [0, 0.05) is 6.42 Å². The number of hydrogen-bond acceptors (Lipinski definition) is 5. The standard InChI is InChI=1S/C17H23NO4/c1-2-22-17(21)15(11-12-7-9-13(19)10-8-12)18-14-5-3-4-6-16(14)20/h7-10,14-15,18-19H,2-6,11H2,1H3/t14-,15-/m0/s1. The quantitative estimate of drug-likeness (QED) is 0.786. The first-order chi connectivity index (χ1) is 10.6. The highest BCUT2D eigenvalue weighted by molar-refractivity contribution is 5.86. The summed E-state index contributed by atoms with van der Waals surface area (Å²) in [4.78, 5) is 24.1. The number of ether oxygens (including phenoxy) is 1. The van der Waals surface area contributed by atoms with Gasteiger partial charge in [0.05, 0.1) is 12.6 Å². The van der Waals surface area contributed by atoms with E-state index < -0.39 is 6.04 Å². The van der Waals surface area contributed by atoms with Gasteiger partial charge in [-0.05, 0) is 43.9 Å². The predicted molar refractivity (Wildman–Crippen MR) is 82.6 cm³/mol. The van der Waals surface area contributed by atoms with E-state index in [2.05, 4.69) is 5.32 Å². The van der Waals surface area contributed by atoms with Gasteiger partial charge in [0.25, 0.3) is 0 Å². The Labute approximate surface area is 130 Å². The normalized spacial score (nSPS) is 19.7. The van der Waals surface area contributed by atoms with Gasteiger partial charge >= 0.3 is 5.97 Å². The lowest BCUT2D eigenvalue weighted by Gasteiger charge is -2.26. The molecule has 0 heterocycles. The summed E-state index contributed by atoms with van der Waals surface area (Å²) in [6.07, 6.45) is 3.71. The van der Waals surface area contributed by atoms with Crippen molar-refractivity contribution >= 4 is 11.8 Å². The lowest BCUT2D eigenvalue weighted by molar-refractivity contribution is -0.146. The molecule has 1 fully saturated rings. The number of carbonyl (C=O) groups is 2. The summed E-state index contributed by atoms with van der Waals surface area (Å²) < 4.78 is 5.11. The molecule has 0 radical (unpaired) electrons. The van der Waals surface area contributed by atoms with Crippen LogP contribution in [0.2, 0.25) is 0 Å². The number of benzene rings is 1. The maximum Gasteiger partial charge on any atom is 0.323 e. The lowest BCUT2D eigenvalue weighted by atomic mass is 9.93. The largest absolute Gasteiger partial charge is 0.508 e. The Kier molecular flexibility index (Phi) is 5.95. The molecule has 120 valence electrons. The maximum absolute atomic E-state index is 12.1. The van der Waals surface area contributed by atoms with Crippen molar-refractivity contribution in [3.05, 3.63) is 29.8 Å². The van der Waals surface area contributed by atoms with E-state index in [1.54, 1.807) is 31.2 Å². The van der Waals surface area contributed by atoms with E-state index in [9.17, 15) is 14.7 Å². The fourth-order valence-corrected chi connectivity index (χ4v) is 2.72. The molecule has 0 bridgehead atoms. The number of Topliss-reactive ketones (excluding diaryl/α,β-unsaturated/α-hetero) is 1. The van der Waals surface area contributed by atoms with Gasteiger partial charge in [-0.15, -0.1) is 0 Å². The van der Waals surface area contributed by atoms with Gasteiger partial charge < -0.3 is 9.84 Å². The highest BCUT2D eigenvalue weighted by atomic mass is 16.5. The minimum absolute atomic E-state index is 0.172. The van der Waals surface area contributed by atoms with E-state index in [0.29, 0.717) is 19.4 Å². The molecule has 1 aromatic rings. The van der Waals surface area contributed by atoms with Crippen LogP contribution in [-0.4, -0.2) is 35.5 Å². The Morgan fingerprint density at radius 3 is 2.73 bits per heavy atom. The van der Waals surface area contributed by atoms with Gasteiger partial charge in [-0.3, -0.25) is 14.9 Å². The number of nitrogens with one attached hydrogen (secondary N) is 1. The second-order valence-electron chi connectivity index (χ2n) is 5.61. The van der Waals surface area contributed by atoms with Crippen molar-refractivity contribution in [1.82, 2.24) is 5.32 Å². The summed E-state index contributed by atoms with van der Waals surface area (Å²) in [5.74, 6) is 0.0204. The van der Waals surface area contributed by atoms with Crippen molar-refractivity contribution in [1.29, 1.82) is 0 Å². The molecule has 1 saturated carbocycles. The number of rotatable bonds is 6. The maximum atomic E-state index is 12.1. The van der Waals surface area contributed by atoms with Crippen LogP contribution in [0.15, 0.2) is 24.3 Å².